The van der Waals surface area contributed by atoms with Gasteiger partial charge in [0.15, 0.2) is 0 Å². The molecule has 7 heteroatoms. The van der Waals surface area contributed by atoms with E-state index in [1.54, 1.807) is 66.9 Å². The molecule has 1 N–H and O–H groups in total. The predicted octanol–water partition coefficient (Wildman–Crippen LogP) is 3.96. The van der Waals surface area contributed by atoms with Gasteiger partial charge in [-0.25, -0.2) is 4.98 Å². The Balaban J connectivity index is 1.68. The van der Waals surface area contributed by atoms with Crippen molar-refractivity contribution >= 4 is 17.3 Å². The minimum absolute atomic E-state index is 0.0742. The lowest BCUT2D eigenvalue weighted by molar-refractivity contribution is -0.385. The molecule has 0 atom stereocenters. The molecular weight excluding hydrogens is 334 g/mol. The van der Waals surface area contributed by atoms with Crippen molar-refractivity contribution in [2.45, 2.75) is 6.42 Å². The number of nitro benzene ring substituents is 1. The van der Waals surface area contributed by atoms with Gasteiger partial charge >= 0.3 is 0 Å². The average molecular weight is 349 g/mol. The lowest BCUT2D eigenvalue weighted by Gasteiger charge is -2.08. The van der Waals surface area contributed by atoms with E-state index in [0.717, 1.165) is 0 Å². The maximum Gasteiger partial charge on any atom is 0.273 e. The molecule has 1 aromatic heterocycles. The molecule has 0 aliphatic carbocycles. The number of ether oxygens (including phenoxy) is 1. The Morgan fingerprint density at radius 3 is 2.65 bits per heavy atom. The fourth-order valence-corrected chi connectivity index (χ4v) is 2.38. The predicted molar refractivity (Wildman–Crippen MR) is 96.2 cm³/mol. The third-order valence-electron chi connectivity index (χ3n) is 3.52. The smallest absolute Gasteiger partial charge is 0.273 e. The van der Waals surface area contributed by atoms with Gasteiger partial charge in [0.25, 0.3) is 5.69 Å². The van der Waals surface area contributed by atoms with Crippen LogP contribution in [0.4, 0.5) is 11.4 Å². The Hall–Kier alpha value is -3.74. The average Bonchev–Trinajstić information content (AvgIpc) is 2.63. The van der Waals surface area contributed by atoms with Crippen LogP contribution in [-0.4, -0.2) is 15.8 Å². The van der Waals surface area contributed by atoms with E-state index in [9.17, 15) is 14.9 Å². The van der Waals surface area contributed by atoms with Crippen LogP contribution in [0.3, 0.4) is 0 Å². The highest BCUT2D eigenvalue weighted by molar-refractivity contribution is 5.93. The molecular formula is C19H15N3O4. The molecule has 0 saturated carbocycles. The Labute approximate surface area is 149 Å². The highest BCUT2D eigenvalue weighted by Gasteiger charge is 2.15. The molecule has 0 spiro atoms. The van der Waals surface area contributed by atoms with E-state index in [0.29, 0.717) is 22.9 Å². The monoisotopic (exact) mass is 349 g/mol. The maximum absolute atomic E-state index is 12.2. The van der Waals surface area contributed by atoms with E-state index >= 15 is 0 Å². The SMILES string of the molecule is O=C(Cc1ccccc1[N+](=O)[O-])Nc1cccc(Oc2ccccn2)c1. The van der Waals surface area contributed by atoms with Crippen molar-refractivity contribution in [3.8, 4) is 11.6 Å². The zero-order valence-electron chi connectivity index (χ0n) is 13.7. The van der Waals surface area contributed by atoms with Crippen molar-refractivity contribution in [1.29, 1.82) is 0 Å². The number of pyridine rings is 1. The number of amides is 1. The van der Waals surface area contributed by atoms with Gasteiger partial charge in [0.2, 0.25) is 11.8 Å². The Morgan fingerprint density at radius 1 is 1.08 bits per heavy atom. The van der Waals surface area contributed by atoms with Crippen LogP contribution in [0.5, 0.6) is 11.6 Å². The number of para-hydroxylation sites is 1. The lowest BCUT2D eigenvalue weighted by Crippen LogP contribution is -2.15. The number of nitrogens with zero attached hydrogens (tertiary/aromatic N) is 2. The molecule has 1 heterocycles. The third-order valence-corrected chi connectivity index (χ3v) is 3.52. The number of carbonyl (C=O) groups excluding carboxylic acids is 1. The molecule has 1 amide bonds. The van der Waals surface area contributed by atoms with E-state index in [-0.39, 0.29) is 18.0 Å². The van der Waals surface area contributed by atoms with Crippen LogP contribution in [0.15, 0.2) is 72.9 Å². The van der Waals surface area contributed by atoms with Crippen LogP contribution in [0.1, 0.15) is 5.56 Å². The first-order chi connectivity index (χ1) is 12.6. The number of carbonyl (C=O) groups is 1. The first-order valence-electron chi connectivity index (χ1n) is 7.83. The van der Waals surface area contributed by atoms with Gasteiger partial charge in [0.05, 0.1) is 11.3 Å². The third kappa shape index (κ3) is 4.41. The molecule has 130 valence electrons. The summed E-state index contributed by atoms with van der Waals surface area (Å²) in [7, 11) is 0. The Bertz CT molecular complexity index is 929. The first-order valence-corrected chi connectivity index (χ1v) is 7.83. The van der Waals surface area contributed by atoms with Crippen molar-refractivity contribution in [1.82, 2.24) is 4.98 Å². The summed E-state index contributed by atoms with van der Waals surface area (Å²) in [6.07, 6.45) is 1.52. The van der Waals surface area contributed by atoms with Gasteiger partial charge in [0, 0.05) is 35.6 Å². The summed E-state index contributed by atoms with van der Waals surface area (Å²) < 4.78 is 5.62. The van der Waals surface area contributed by atoms with Crippen molar-refractivity contribution in [2.75, 3.05) is 5.32 Å². The molecule has 26 heavy (non-hydrogen) atoms. The van der Waals surface area contributed by atoms with Crippen LogP contribution in [-0.2, 0) is 11.2 Å². The van der Waals surface area contributed by atoms with Gasteiger partial charge in [-0.3, -0.25) is 14.9 Å². The second kappa shape index (κ2) is 7.89. The number of nitrogens with one attached hydrogen (secondary N) is 1. The van der Waals surface area contributed by atoms with Crippen LogP contribution in [0.25, 0.3) is 0 Å². The van der Waals surface area contributed by atoms with Crippen LogP contribution >= 0.6 is 0 Å². The topological polar surface area (TPSA) is 94.4 Å². The normalized spacial score (nSPS) is 10.2. The van der Waals surface area contributed by atoms with Crippen molar-refractivity contribution in [3.05, 3.63) is 88.6 Å². The van der Waals surface area contributed by atoms with Gasteiger partial charge in [-0.15, -0.1) is 0 Å². The highest BCUT2D eigenvalue weighted by atomic mass is 16.6. The number of rotatable bonds is 6. The number of anilines is 1. The standard InChI is InChI=1S/C19H15N3O4/c23-18(12-14-6-1-2-9-17(14)22(24)25)21-15-7-5-8-16(13-15)26-19-10-3-4-11-20-19/h1-11,13H,12H2,(H,21,23). The molecule has 0 saturated heterocycles. The fourth-order valence-electron chi connectivity index (χ4n) is 2.38. The lowest BCUT2D eigenvalue weighted by atomic mass is 10.1. The summed E-state index contributed by atoms with van der Waals surface area (Å²) in [5.74, 6) is 0.609. The number of hydrogen-bond donors (Lipinski definition) is 1. The summed E-state index contributed by atoms with van der Waals surface area (Å²) >= 11 is 0. The zero-order chi connectivity index (χ0) is 18.4. The quantitative estimate of drug-likeness (QED) is 0.537. The van der Waals surface area contributed by atoms with Gasteiger partial charge < -0.3 is 10.1 Å². The number of hydrogen-bond acceptors (Lipinski definition) is 5. The van der Waals surface area contributed by atoms with E-state index in [1.807, 2.05) is 0 Å². The molecule has 0 unspecified atom stereocenters. The number of nitro groups is 1. The van der Waals surface area contributed by atoms with Crippen molar-refractivity contribution < 1.29 is 14.5 Å². The highest BCUT2D eigenvalue weighted by Crippen LogP contribution is 2.23. The second-order valence-corrected chi connectivity index (χ2v) is 5.41. The molecule has 3 aromatic rings. The van der Waals surface area contributed by atoms with Crippen LogP contribution in [0.2, 0.25) is 0 Å². The number of aromatic nitrogens is 1. The zero-order valence-corrected chi connectivity index (χ0v) is 13.7. The van der Waals surface area contributed by atoms with Crippen LogP contribution in [0, 0.1) is 10.1 Å². The van der Waals surface area contributed by atoms with E-state index in [4.69, 9.17) is 4.74 Å². The maximum atomic E-state index is 12.2. The molecule has 7 nitrogen and oxygen atoms in total. The molecule has 0 fully saturated rings. The van der Waals surface area contributed by atoms with Crippen molar-refractivity contribution in [3.63, 3.8) is 0 Å². The minimum atomic E-state index is -0.496. The minimum Gasteiger partial charge on any atom is -0.439 e. The molecule has 2 aromatic carbocycles. The summed E-state index contributed by atoms with van der Waals surface area (Å²) in [5, 5.41) is 13.8. The van der Waals surface area contributed by atoms with Gasteiger partial charge in [-0.05, 0) is 18.2 Å². The summed E-state index contributed by atoms with van der Waals surface area (Å²) in [6.45, 7) is 0. The second-order valence-electron chi connectivity index (χ2n) is 5.41. The van der Waals surface area contributed by atoms with E-state index in [2.05, 4.69) is 10.3 Å². The van der Waals surface area contributed by atoms with Gasteiger partial charge in [-0.1, -0.05) is 30.3 Å². The Morgan fingerprint density at radius 2 is 1.88 bits per heavy atom. The largest absolute Gasteiger partial charge is 0.439 e. The fraction of sp³-hybridized carbons (Fsp3) is 0.0526. The molecule has 0 aliphatic heterocycles. The summed E-state index contributed by atoms with van der Waals surface area (Å²) in [4.78, 5) is 26.8. The van der Waals surface area contributed by atoms with E-state index in [1.165, 1.54) is 6.07 Å². The summed E-state index contributed by atoms with van der Waals surface area (Å²) in [6, 6.07) is 18.3. The number of benzene rings is 2. The van der Waals surface area contributed by atoms with E-state index < -0.39 is 4.92 Å². The first kappa shape index (κ1) is 17.1. The Kier molecular flexibility index (Phi) is 5.19. The van der Waals surface area contributed by atoms with Gasteiger partial charge in [-0.2, -0.15) is 0 Å². The summed E-state index contributed by atoms with van der Waals surface area (Å²) in [5.41, 5.74) is 0.813. The van der Waals surface area contributed by atoms with Crippen molar-refractivity contribution in [2.24, 2.45) is 0 Å². The molecule has 0 radical (unpaired) electrons. The molecule has 3 rings (SSSR count). The molecule has 0 bridgehead atoms. The molecule has 0 aliphatic rings. The van der Waals surface area contributed by atoms with Crippen LogP contribution < -0.4 is 10.1 Å². The van der Waals surface area contributed by atoms with Gasteiger partial charge in [0.1, 0.15) is 5.75 Å².